The van der Waals surface area contributed by atoms with Crippen molar-refractivity contribution in [3.8, 4) is 0 Å². The fraction of sp³-hybridized carbons (Fsp3) is 0.154. The van der Waals surface area contributed by atoms with Crippen LogP contribution >= 0.6 is 0 Å². The zero-order chi connectivity index (χ0) is 11.7. The Hall–Kier alpha value is -2.23. The van der Waals surface area contributed by atoms with Crippen molar-refractivity contribution in [3.05, 3.63) is 53.8 Å². The standard InChI is InChI=1S/C13H11N3O/c1-9-15-13(17-16-9)8-10-4-5-12-11(7-10)3-2-6-14-12/h2-7H,8H2,1H3. The summed E-state index contributed by atoms with van der Waals surface area (Å²) < 4.78 is 5.10. The summed E-state index contributed by atoms with van der Waals surface area (Å²) in [7, 11) is 0. The molecular formula is C13H11N3O. The molecule has 2 heterocycles. The smallest absolute Gasteiger partial charge is 0.231 e. The molecule has 0 bridgehead atoms. The summed E-state index contributed by atoms with van der Waals surface area (Å²) in [5, 5.41) is 4.90. The maximum Gasteiger partial charge on any atom is 0.231 e. The van der Waals surface area contributed by atoms with Gasteiger partial charge in [-0.25, -0.2) is 0 Å². The lowest BCUT2D eigenvalue weighted by Gasteiger charge is -2.00. The number of benzene rings is 1. The zero-order valence-corrected chi connectivity index (χ0v) is 9.42. The number of aryl methyl sites for hydroxylation is 1. The van der Waals surface area contributed by atoms with E-state index in [2.05, 4.69) is 21.2 Å². The van der Waals surface area contributed by atoms with Crippen LogP contribution in [0.15, 0.2) is 41.1 Å². The van der Waals surface area contributed by atoms with E-state index in [0.29, 0.717) is 18.1 Å². The molecule has 17 heavy (non-hydrogen) atoms. The van der Waals surface area contributed by atoms with Gasteiger partial charge >= 0.3 is 0 Å². The van der Waals surface area contributed by atoms with Gasteiger partial charge in [0.25, 0.3) is 0 Å². The summed E-state index contributed by atoms with van der Waals surface area (Å²) in [5.41, 5.74) is 2.15. The van der Waals surface area contributed by atoms with E-state index >= 15 is 0 Å². The van der Waals surface area contributed by atoms with Gasteiger partial charge in [-0.3, -0.25) is 4.98 Å². The van der Waals surface area contributed by atoms with Gasteiger partial charge in [0.05, 0.1) is 11.9 Å². The highest BCUT2D eigenvalue weighted by Gasteiger charge is 2.04. The van der Waals surface area contributed by atoms with Crippen molar-refractivity contribution in [1.82, 2.24) is 15.1 Å². The summed E-state index contributed by atoms with van der Waals surface area (Å²) >= 11 is 0. The number of aromatic nitrogens is 3. The highest BCUT2D eigenvalue weighted by atomic mass is 16.5. The summed E-state index contributed by atoms with van der Waals surface area (Å²) in [4.78, 5) is 8.47. The normalized spacial score (nSPS) is 10.9. The zero-order valence-electron chi connectivity index (χ0n) is 9.42. The molecule has 1 aromatic carbocycles. The molecule has 0 radical (unpaired) electrons. The molecule has 0 aliphatic rings. The van der Waals surface area contributed by atoms with Gasteiger partial charge in [0.2, 0.25) is 5.89 Å². The molecule has 0 N–H and O–H groups in total. The number of rotatable bonds is 2. The Morgan fingerprint density at radius 2 is 2.18 bits per heavy atom. The number of nitrogens with zero attached hydrogens (tertiary/aromatic N) is 3. The Bertz CT molecular complexity index is 660. The van der Waals surface area contributed by atoms with Crippen LogP contribution in [0.1, 0.15) is 17.3 Å². The molecule has 0 saturated carbocycles. The molecule has 3 rings (SSSR count). The summed E-state index contributed by atoms with van der Waals surface area (Å²) in [6.07, 6.45) is 2.45. The van der Waals surface area contributed by atoms with Crippen LogP contribution in [0.4, 0.5) is 0 Å². The van der Waals surface area contributed by atoms with E-state index in [9.17, 15) is 0 Å². The van der Waals surface area contributed by atoms with Crippen LogP contribution in [-0.2, 0) is 6.42 Å². The van der Waals surface area contributed by atoms with E-state index in [1.54, 1.807) is 6.20 Å². The summed E-state index contributed by atoms with van der Waals surface area (Å²) in [6, 6.07) is 10.1. The average molecular weight is 225 g/mol. The van der Waals surface area contributed by atoms with Crippen LogP contribution in [0, 0.1) is 6.92 Å². The van der Waals surface area contributed by atoms with Gasteiger partial charge in [0.1, 0.15) is 0 Å². The lowest BCUT2D eigenvalue weighted by atomic mass is 10.1. The van der Waals surface area contributed by atoms with Gasteiger partial charge in [0.15, 0.2) is 5.82 Å². The number of hydrogen-bond donors (Lipinski definition) is 0. The first-order chi connectivity index (χ1) is 8.31. The van der Waals surface area contributed by atoms with Gasteiger partial charge in [-0.1, -0.05) is 17.3 Å². The van der Waals surface area contributed by atoms with E-state index < -0.39 is 0 Å². The van der Waals surface area contributed by atoms with Crippen molar-refractivity contribution < 1.29 is 4.52 Å². The second-order valence-corrected chi connectivity index (χ2v) is 3.94. The highest BCUT2D eigenvalue weighted by molar-refractivity contribution is 5.78. The van der Waals surface area contributed by atoms with Crippen molar-refractivity contribution in [2.45, 2.75) is 13.3 Å². The molecule has 0 aliphatic carbocycles. The Labute approximate surface area is 98.3 Å². The maximum absolute atomic E-state index is 5.10. The first-order valence-electron chi connectivity index (χ1n) is 5.44. The topological polar surface area (TPSA) is 51.8 Å². The van der Waals surface area contributed by atoms with Crippen molar-refractivity contribution in [3.63, 3.8) is 0 Å². The van der Waals surface area contributed by atoms with E-state index in [-0.39, 0.29) is 0 Å². The lowest BCUT2D eigenvalue weighted by Crippen LogP contribution is -1.89. The SMILES string of the molecule is Cc1noc(Cc2ccc3ncccc3c2)n1. The summed E-state index contributed by atoms with van der Waals surface area (Å²) in [6.45, 7) is 1.82. The molecule has 0 atom stereocenters. The molecule has 4 heteroatoms. The Balaban J connectivity index is 1.95. The molecule has 0 amide bonds. The molecule has 0 saturated heterocycles. The highest BCUT2D eigenvalue weighted by Crippen LogP contribution is 2.15. The van der Waals surface area contributed by atoms with Gasteiger partial charge in [0, 0.05) is 11.6 Å². The molecular weight excluding hydrogens is 214 g/mol. The molecule has 84 valence electrons. The minimum Gasteiger partial charge on any atom is -0.339 e. The van der Waals surface area contributed by atoms with Crippen molar-refractivity contribution >= 4 is 10.9 Å². The predicted octanol–water partition coefficient (Wildman–Crippen LogP) is 2.52. The van der Waals surface area contributed by atoms with E-state index in [4.69, 9.17) is 4.52 Å². The maximum atomic E-state index is 5.10. The Morgan fingerprint density at radius 1 is 1.24 bits per heavy atom. The van der Waals surface area contributed by atoms with Crippen LogP contribution in [0.2, 0.25) is 0 Å². The third kappa shape index (κ3) is 2.01. The van der Waals surface area contributed by atoms with Crippen molar-refractivity contribution in [1.29, 1.82) is 0 Å². The van der Waals surface area contributed by atoms with Gasteiger partial charge < -0.3 is 4.52 Å². The predicted molar refractivity (Wildman–Crippen MR) is 63.6 cm³/mol. The third-order valence-electron chi connectivity index (χ3n) is 2.59. The molecule has 0 unspecified atom stereocenters. The number of pyridine rings is 1. The first kappa shape index (κ1) is 9.96. The minimum absolute atomic E-state index is 0.644. The largest absolute Gasteiger partial charge is 0.339 e. The number of hydrogen-bond acceptors (Lipinski definition) is 4. The monoisotopic (exact) mass is 225 g/mol. The average Bonchev–Trinajstić information content (AvgIpc) is 2.75. The molecule has 0 aliphatic heterocycles. The molecule has 0 spiro atoms. The lowest BCUT2D eigenvalue weighted by molar-refractivity contribution is 0.381. The quantitative estimate of drug-likeness (QED) is 0.672. The summed E-state index contributed by atoms with van der Waals surface area (Å²) in [5.74, 6) is 1.31. The molecule has 2 aromatic heterocycles. The van der Waals surface area contributed by atoms with Crippen LogP contribution in [-0.4, -0.2) is 15.1 Å². The van der Waals surface area contributed by atoms with E-state index in [1.807, 2.05) is 31.2 Å². The number of fused-ring (bicyclic) bond motifs is 1. The molecule has 3 aromatic rings. The van der Waals surface area contributed by atoms with Gasteiger partial charge in [-0.15, -0.1) is 0 Å². The fourth-order valence-electron chi connectivity index (χ4n) is 1.82. The van der Waals surface area contributed by atoms with E-state index in [1.165, 1.54) is 0 Å². The van der Waals surface area contributed by atoms with Gasteiger partial charge in [-0.2, -0.15) is 4.98 Å². The Kier molecular flexibility index (Phi) is 2.33. The van der Waals surface area contributed by atoms with Crippen molar-refractivity contribution in [2.75, 3.05) is 0 Å². The Morgan fingerprint density at radius 3 is 3.00 bits per heavy atom. The molecule has 4 nitrogen and oxygen atoms in total. The minimum atomic E-state index is 0.644. The molecule has 0 fully saturated rings. The third-order valence-corrected chi connectivity index (χ3v) is 2.59. The van der Waals surface area contributed by atoms with Crippen LogP contribution < -0.4 is 0 Å². The van der Waals surface area contributed by atoms with Crippen molar-refractivity contribution in [2.24, 2.45) is 0 Å². The van der Waals surface area contributed by atoms with Crippen LogP contribution in [0.3, 0.4) is 0 Å². The van der Waals surface area contributed by atoms with E-state index in [0.717, 1.165) is 16.5 Å². The second-order valence-electron chi connectivity index (χ2n) is 3.94. The van der Waals surface area contributed by atoms with Crippen LogP contribution in [0.5, 0.6) is 0 Å². The second kappa shape index (κ2) is 3.97. The first-order valence-corrected chi connectivity index (χ1v) is 5.44. The van der Waals surface area contributed by atoms with Gasteiger partial charge in [-0.05, 0) is 30.7 Å². The fourth-order valence-corrected chi connectivity index (χ4v) is 1.82. The van der Waals surface area contributed by atoms with Crippen LogP contribution in [0.25, 0.3) is 10.9 Å².